The third kappa shape index (κ3) is 3.56. The quantitative estimate of drug-likeness (QED) is 0.833. The first-order valence-corrected chi connectivity index (χ1v) is 9.02. The van der Waals surface area contributed by atoms with Gasteiger partial charge < -0.3 is 9.80 Å². The Bertz CT molecular complexity index is 867. The van der Waals surface area contributed by atoms with Crippen molar-refractivity contribution < 1.29 is 18.4 Å². The molecule has 0 aromatic heterocycles. The summed E-state index contributed by atoms with van der Waals surface area (Å²) >= 11 is 0. The van der Waals surface area contributed by atoms with Crippen LogP contribution >= 0.6 is 0 Å². The molecule has 1 unspecified atom stereocenters. The standard InChI is InChI=1S/C21H20F2N2O2/c22-16-3-1-15(2-4-16)11-19(26)24-10-9-21(13-24)12-20(27)25(14-21)18-7-5-17(23)6-8-18/h1-8H,9-14H2. The average Bonchev–Trinajstić information content (AvgIpc) is 3.21. The molecule has 0 bridgehead atoms. The second-order valence-corrected chi connectivity index (χ2v) is 7.50. The summed E-state index contributed by atoms with van der Waals surface area (Å²) in [6, 6.07) is 11.9. The summed E-state index contributed by atoms with van der Waals surface area (Å²) in [5, 5.41) is 0. The number of rotatable bonds is 3. The molecule has 2 saturated heterocycles. The van der Waals surface area contributed by atoms with Crippen LogP contribution in [0.3, 0.4) is 0 Å². The minimum Gasteiger partial charge on any atom is -0.342 e. The van der Waals surface area contributed by atoms with Crippen LogP contribution in [0.25, 0.3) is 0 Å². The number of hydrogen-bond acceptors (Lipinski definition) is 2. The van der Waals surface area contributed by atoms with Crippen LogP contribution in [0, 0.1) is 17.0 Å². The molecule has 6 heteroatoms. The van der Waals surface area contributed by atoms with Crippen molar-refractivity contribution in [3.63, 3.8) is 0 Å². The molecule has 2 aliphatic rings. The summed E-state index contributed by atoms with van der Waals surface area (Å²) in [5.41, 5.74) is 1.22. The van der Waals surface area contributed by atoms with Crippen molar-refractivity contribution in [2.24, 2.45) is 5.41 Å². The van der Waals surface area contributed by atoms with Gasteiger partial charge in [0.15, 0.2) is 0 Å². The summed E-state index contributed by atoms with van der Waals surface area (Å²) in [6.07, 6.45) is 1.39. The van der Waals surface area contributed by atoms with E-state index in [0.29, 0.717) is 31.7 Å². The zero-order valence-electron chi connectivity index (χ0n) is 14.8. The van der Waals surface area contributed by atoms with Crippen LogP contribution < -0.4 is 4.90 Å². The summed E-state index contributed by atoms with van der Waals surface area (Å²) in [7, 11) is 0. The Morgan fingerprint density at radius 2 is 1.59 bits per heavy atom. The van der Waals surface area contributed by atoms with E-state index in [1.165, 1.54) is 24.3 Å². The van der Waals surface area contributed by atoms with Gasteiger partial charge in [-0.25, -0.2) is 8.78 Å². The molecule has 27 heavy (non-hydrogen) atoms. The minimum atomic E-state index is -0.335. The van der Waals surface area contributed by atoms with Gasteiger partial charge in [0.1, 0.15) is 11.6 Å². The van der Waals surface area contributed by atoms with E-state index >= 15 is 0 Å². The summed E-state index contributed by atoms with van der Waals surface area (Å²) in [4.78, 5) is 28.6. The molecular weight excluding hydrogens is 350 g/mol. The second-order valence-electron chi connectivity index (χ2n) is 7.50. The number of benzene rings is 2. The van der Waals surface area contributed by atoms with Gasteiger partial charge in [-0.05, 0) is 48.4 Å². The zero-order valence-corrected chi connectivity index (χ0v) is 14.8. The van der Waals surface area contributed by atoms with Gasteiger partial charge in [-0.2, -0.15) is 0 Å². The Hall–Kier alpha value is -2.76. The molecule has 2 aromatic rings. The molecule has 2 amide bonds. The molecule has 4 nitrogen and oxygen atoms in total. The van der Waals surface area contributed by atoms with Gasteiger partial charge in [-0.3, -0.25) is 9.59 Å². The van der Waals surface area contributed by atoms with Crippen molar-refractivity contribution in [2.75, 3.05) is 24.5 Å². The molecule has 0 N–H and O–H groups in total. The predicted octanol–water partition coefficient (Wildman–Crippen LogP) is 3.16. The number of likely N-dealkylation sites (tertiary alicyclic amines) is 1. The lowest BCUT2D eigenvalue weighted by atomic mass is 9.86. The van der Waals surface area contributed by atoms with Crippen molar-refractivity contribution in [1.82, 2.24) is 4.90 Å². The zero-order chi connectivity index (χ0) is 19.0. The van der Waals surface area contributed by atoms with Gasteiger partial charge in [0.05, 0.1) is 6.42 Å². The van der Waals surface area contributed by atoms with Gasteiger partial charge in [-0.1, -0.05) is 12.1 Å². The molecule has 4 rings (SSSR count). The molecule has 2 aromatic carbocycles. The number of nitrogens with zero attached hydrogens (tertiary/aromatic N) is 2. The SMILES string of the molecule is O=C(Cc1ccc(F)cc1)N1CCC2(CC(=O)N(c3ccc(F)cc3)C2)C1. The highest BCUT2D eigenvalue weighted by Gasteiger charge is 2.48. The van der Waals surface area contributed by atoms with E-state index in [1.807, 2.05) is 0 Å². The van der Waals surface area contributed by atoms with Crippen LogP contribution in [0.15, 0.2) is 48.5 Å². The topological polar surface area (TPSA) is 40.6 Å². The van der Waals surface area contributed by atoms with E-state index in [4.69, 9.17) is 0 Å². The highest BCUT2D eigenvalue weighted by Crippen LogP contribution is 2.42. The molecule has 0 aliphatic carbocycles. The fourth-order valence-corrected chi connectivity index (χ4v) is 4.06. The van der Waals surface area contributed by atoms with Crippen molar-refractivity contribution >= 4 is 17.5 Å². The number of carbonyl (C=O) groups excluding carboxylic acids is 2. The third-order valence-electron chi connectivity index (χ3n) is 5.52. The Labute approximate surface area is 156 Å². The van der Waals surface area contributed by atoms with Gasteiger partial charge in [0.25, 0.3) is 0 Å². The van der Waals surface area contributed by atoms with E-state index in [-0.39, 0.29) is 35.3 Å². The van der Waals surface area contributed by atoms with E-state index in [0.717, 1.165) is 12.0 Å². The van der Waals surface area contributed by atoms with Gasteiger partial charge in [0, 0.05) is 37.2 Å². The maximum atomic E-state index is 13.1. The summed E-state index contributed by atoms with van der Waals surface area (Å²) < 4.78 is 26.1. The lowest BCUT2D eigenvalue weighted by Crippen LogP contribution is -2.34. The maximum Gasteiger partial charge on any atom is 0.227 e. The maximum absolute atomic E-state index is 13.1. The lowest BCUT2D eigenvalue weighted by Gasteiger charge is -2.24. The number of hydrogen-bond donors (Lipinski definition) is 0. The van der Waals surface area contributed by atoms with Crippen LogP contribution in [0.4, 0.5) is 14.5 Å². The number of halogens is 2. The fourth-order valence-electron chi connectivity index (χ4n) is 4.06. The molecule has 0 saturated carbocycles. The van der Waals surface area contributed by atoms with E-state index in [2.05, 4.69) is 0 Å². The van der Waals surface area contributed by atoms with Crippen molar-refractivity contribution in [3.8, 4) is 0 Å². The summed E-state index contributed by atoms with van der Waals surface area (Å²) in [5.74, 6) is -0.657. The van der Waals surface area contributed by atoms with Gasteiger partial charge >= 0.3 is 0 Å². The molecule has 140 valence electrons. The summed E-state index contributed by atoms with van der Waals surface area (Å²) in [6.45, 7) is 1.69. The highest BCUT2D eigenvalue weighted by atomic mass is 19.1. The first-order valence-electron chi connectivity index (χ1n) is 9.02. The van der Waals surface area contributed by atoms with Gasteiger partial charge in [-0.15, -0.1) is 0 Å². The van der Waals surface area contributed by atoms with E-state index in [9.17, 15) is 18.4 Å². The normalized spacial score (nSPS) is 22.1. The monoisotopic (exact) mass is 370 g/mol. The Balaban J connectivity index is 1.42. The van der Waals surface area contributed by atoms with E-state index in [1.54, 1.807) is 34.1 Å². The number of amides is 2. The minimum absolute atomic E-state index is 0.00818. The highest BCUT2D eigenvalue weighted by molar-refractivity contribution is 5.96. The molecule has 1 spiro atoms. The predicted molar refractivity (Wildman–Crippen MR) is 97.1 cm³/mol. The Morgan fingerprint density at radius 3 is 2.26 bits per heavy atom. The first-order chi connectivity index (χ1) is 12.9. The Morgan fingerprint density at radius 1 is 0.963 bits per heavy atom. The molecule has 2 aliphatic heterocycles. The molecular formula is C21H20F2N2O2. The van der Waals surface area contributed by atoms with E-state index < -0.39 is 0 Å². The van der Waals surface area contributed by atoms with Crippen LogP contribution in [0.1, 0.15) is 18.4 Å². The molecule has 1 atom stereocenters. The fraction of sp³-hybridized carbons (Fsp3) is 0.333. The first kappa shape index (κ1) is 17.6. The number of carbonyl (C=O) groups is 2. The smallest absolute Gasteiger partial charge is 0.227 e. The van der Waals surface area contributed by atoms with Gasteiger partial charge in [0.2, 0.25) is 11.8 Å². The average molecular weight is 370 g/mol. The molecule has 2 fully saturated rings. The second kappa shape index (κ2) is 6.76. The number of anilines is 1. The Kier molecular flexibility index (Phi) is 4.42. The van der Waals surface area contributed by atoms with Crippen molar-refractivity contribution in [1.29, 1.82) is 0 Å². The van der Waals surface area contributed by atoms with Crippen LogP contribution in [0.5, 0.6) is 0 Å². The molecule has 0 radical (unpaired) electrons. The molecule has 2 heterocycles. The van der Waals surface area contributed by atoms with Crippen LogP contribution in [-0.4, -0.2) is 36.3 Å². The van der Waals surface area contributed by atoms with Crippen LogP contribution in [-0.2, 0) is 16.0 Å². The lowest BCUT2D eigenvalue weighted by molar-refractivity contribution is -0.130. The van der Waals surface area contributed by atoms with Crippen molar-refractivity contribution in [3.05, 3.63) is 65.7 Å². The third-order valence-corrected chi connectivity index (χ3v) is 5.52. The van der Waals surface area contributed by atoms with Crippen LogP contribution in [0.2, 0.25) is 0 Å². The largest absolute Gasteiger partial charge is 0.342 e. The van der Waals surface area contributed by atoms with Crippen molar-refractivity contribution in [2.45, 2.75) is 19.3 Å².